The van der Waals surface area contributed by atoms with E-state index in [4.69, 9.17) is 4.42 Å². The van der Waals surface area contributed by atoms with Gasteiger partial charge >= 0.3 is 5.76 Å². The van der Waals surface area contributed by atoms with Crippen molar-refractivity contribution in [3.05, 3.63) is 46.2 Å². The van der Waals surface area contributed by atoms with E-state index in [1.165, 1.54) is 4.57 Å². The van der Waals surface area contributed by atoms with Crippen LogP contribution in [0.25, 0.3) is 11.1 Å². The van der Waals surface area contributed by atoms with Gasteiger partial charge in [0.15, 0.2) is 5.58 Å². The Morgan fingerprint density at radius 3 is 2.90 bits per heavy atom. The Hall–Kier alpha value is -2.90. The lowest BCUT2D eigenvalue weighted by molar-refractivity contribution is -0.121. The highest BCUT2D eigenvalue weighted by Crippen LogP contribution is 2.11. The first-order valence-electron chi connectivity index (χ1n) is 6.28. The SMILES string of the molecule is Cc1nonc1CNC(=O)Cn1c(=O)oc2ccccc21. The van der Waals surface area contributed by atoms with E-state index in [0.29, 0.717) is 22.5 Å². The zero-order chi connectivity index (χ0) is 14.8. The Labute approximate surface area is 118 Å². The number of nitrogens with one attached hydrogen (secondary N) is 1. The van der Waals surface area contributed by atoms with Crippen LogP contribution in [0.4, 0.5) is 0 Å². The Kier molecular flexibility index (Phi) is 3.27. The highest BCUT2D eigenvalue weighted by molar-refractivity contribution is 5.79. The minimum absolute atomic E-state index is 0.125. The maximum Gasteiger partial charge on any atom is 0.420 e. The Bertz CT molecular complexity index is 845. The van der Waals surface area contributed by atoms with Gasteiger partial charge in [-0.15, -0.1) is 0 Å². The van der Waals surface area contributed by atoms with Crippen LogP contribution in [-0.2, 0) is 17.9 Å². The molecule has 108 valence electrons. The van der Waals surface area contributed by atoms with Gasteiger partial charge in [-0.3, -0.25) is 9.36 Å². The molecule has 1 amide bonds. The van der Waals surface area contributed by atoms with Crippen molar-refractivity contribution in [1.29, 1.82) is 0 Å². The van der Waals surface area contributed by atoms with Crippen LogP contribution in [0.1, 0.15) is 11.4 Å². The summed E-state index contributed by atoms with van der Waals surface area (Å²) < 4.78 is 10.9. The maximum absolute atomic E-state index is 11.9. The van der Waals surface area contributed by atoms with E-state index < -0.39 is 5.76 Å². The third kappa shape index (κ3) is 2.55. The largest absolute Gasteiger partial charge is 0.420 e. The molecule has 8 heteroatoms. The van der Waals surface area contributed by atoms with E-state index >= 15 is 0 Å². The van der Waals surface area contributed by atoms with Crippen LogP contribution < -0.4 is 11.1 Å². The molecule has 1 N–H and O–H groups in total. The average Bonchev–Trinajstić information content (AvgIpc) is 3.01. The molecule has 1 aromatic carbocycles. The lowest BCUT2D eigenvalue weighted by Gasteiger charge is -2.03. The molecule has 2 aromatic heterocycles. The summed E-state index contributed by atoms with van der Waals surface area (Å²) in [6.45, 7) is 1.80. The first-order chi connectivity index (χ1) is 10.1. The minimum Gasteiger partial charge on any atom is -0.408 e. The summed E-state index contributed by atoms with van der Waals surface area (Å²) in [5.41, 5.74) is 2.19. The van der Waals surface area contributed by atoms with E-state index in [2.05, 4.69) is 20.3 Å². The van der Waals surface area contributed by atoms with Crippen LogP contribution in [-0.4, -0.2) is 20.8 Å². The van der Waals surface area contributed by atoms with Gasteiger partial charge in [-0.2, -0.15) is 0 Å². The lowest BCUT2D eigenvalue weighted by Crippen LogP contribution is -2.30. The number of hydrogen-bond donors (Lipinski definition) is 1. The first-order valence-corrected chi connectivity index (χ1v) is 6.28. The molecule has 0 aliphatic carbocycles. The van der Waals surface area contributed by atoms with Crippen molar-refractivity contribution in [2.75, 3.05) is 0 Å². The number of nitrogens with zero attached hydrogens (tertiary/aromatic N) is 3. The summed E-state index contributed by atoms with van der Waals surface area (Å²) >= 11 is 0. The quantitative estimate of drug-likeness (QED) is 0.754. The molecule has 0 aliphatic heterocycles. The summed E-state index contributed by atoms with van der Waals surface area (Å²) in [5, 5.41) is 9.94. The molecule has 0 saturated heterocycles. The number of benzene rings is 1. The van der Waals surface area contributed by atoms with E-state index in [-0.39, 0.29) is 19.0 Å². The van der Waals surface area contributed by atoms with Gasteiger partial charge in [-0.05, 0) is 19.1 Å². The second-order valence-electron chi connectivity index (χ2n) is 4.49. The van der Waals surface area contributed by atoms with Crippen molar-refractivity contribution in [3.63, 3.8) is 0 Å². The molecule has 0 atom stereocenters. The molecule has 0 fully saturated rings. The molecule has 3 rings (SSSR count). The van der Waals surface area contributed by atoms with Gasteiger partial charge in [0.25, 0.3) is 0 Å². The number of hydrogen-bond acceptors (Lipinski definition) is 6. The van der Waals surface area contributed by atoms with Crippen molar-refractivity contribution < 1.29 is 13.8 Å². The number of amides is 1. The second kappa shape index (κ2) is 5.23. The third-order valence-corrected chi connectivity index (χ3v) is 3.07. The molecular formula is C13H12N4O4. The minimum atomic E-state index is -0.564. The highest BCUT2D eigenvalue weighted by atomic mass is 16.6. The summed E-state index contributed by atoms with van der Waals surface area (Å²) in [5.74, 6) is -0.892. The highest BCUT2D eigenvalue weighted by Gasteiger charge is 2.13. The zero-order valence-electron chi connectivity index (χ0n) is 11.2. The third-order valence-electron chi connectivity index (χ3n) is 3.07. The number of fused-ring (bicyclic) bond motifs is 1. The fraction of sp³-hybridized carbons (Fsp3) is 0.231. The second-order valence-corrected chi connectivity index (χ2v) is 4.49. The Balaban J connectivity index is 1.73. The van der Waals surface area contributed by atoms with Gasteiger partial charge < -0.3 is 9.73 Å². The van der Waals surface area contributed by atoms with E-state index in [1.54, 1.807) is 31.2 Å². The van der Waals surface area contributed by atoms with Crippen LogP contribution in [0.2, 0.25) is 0 Å². The molecule has 0 spiro atoms. The molecular weight excluding hydrogens is 276 g/mol. The predicted molar refractivity (Wildman–Crippen MR) is 71.4 cm³/mol. The maximum atomic E-state index is 11.9. The number of oxazole rings is 1. The molecule has 0 saturated carbocycles. The lowest BCUT2D eigenvalue weighted by atomic mass is 10.3. The number of carbonyl (C=O) groups is 1. The average molecular weight is 288 g/mol. The fourth-order valence-corrected chi connectivity index (χ4v) is 1.96. The van der Waals surface area contributed by atoms with Gasteiger partial charge in [-0.1, -0.05) is 22.4 Å². The predicted octanol–water partition coefficient (Wildman–Crippen LogP) is 0.602. The zero-order valence-corrected chi connectivity index (χ0v) is 11.2. The summed E-state index contributed by atoms with van der Waals surface area (Å²) in [6, 6.07) is 6.93. The molecule has 2 heterocycles. The summed E-state index contributed by atoms with van der Waals surface area (Å²) in [6.07, 6.45) is 0. The molecule has 3 aromatic rings. The smallest absolute Gasteiger partial charge is 0.408 e. The summed E-state index contributed by atoms with van der Waals surface area (Å²) in [7, 11) is 0. The van der Waals surface area contributed by atoms with Crippen molar-refractivity contribution in [2.24, 2.45) is 0 Å². The first kappa shape index (κ1) is 13.1. The molecule has 8 nitrogen and oxygen atoms in total. The van der Waals surface area contributed by atoms with Gasteiger partial charge in [0.05, 0.1) is 12.1 Å². The molecule has 0 bridgehead atoms. The van der Waals surface area contributed by atoms with Gasteiger partial charge in [0.1, 0.15) is 17.9 Å². The normalized spacial score (nSPS) is 10.9. The van der Waals surface area contributed by atoms with Crippen LogP contribution in [0.15, 0.2) is 38.1 Å². The number of aryl methyl sites for hydroxylation is 1. The standard InChI is InChI=1S/C13H12N4O4/c1-8-9(16-21-15-8)6-14-12(18)7-17-10-4-2-3-5-11(10)20-13(17)19/h2-5H,6-7H2,1H3,(H,14,18). The summed E-state index contributed by atoms with van der Waals surface area (Å²) in [4.78, 5) is 23.7. The van der Waals surface area contributed by atoms with Gasteiger partial charge in [0.2, 0.25) is 5.91 Å². The molecule has 21 heavy (non-hydrogen) atoms. The van der Waals surface area contributed by atoms with Crippen LogP contribution in [0.3, 0.4) is 0 Å². The fourth-order valence-electron chi connectivity index (χ4n) is 1.96. The monoisotopic (exact) mass is 288 g/mol. The van der Waals surface area contributed by atoms with E-state index in [1.807, 2.05) is 0 Å². The Morgan fingerprint density at radius 1 is 1.33 bits per heavy atom. The van der Waals surface area contributed by atoms with Crippen molar-refractivity contribution >= 4 is 17.0 Å². The van der Waals surface area contributed by atoms with Gasteiger partial charge in [0, 0.05) is 0 Å². The van der Waals surface area contributed by atoms with Crippen molar-refractivity contribution in [1.82, 2.24) is 20.2 Å². The van der Waals surface area contributed by atoms with Crippen molar-refractivity contribution in [3.8, 4) is 0 Å². The number of carbonyl (C=O) groups excluding carboxylic acids is 1. The topological polar surface area (TPSA) is 103 Å². The number of rotatable bonds is 4. The van der Waals surface area contributed by atoms with Gasteiger partial charge in [-0.25, -0.2) is 9.42 Å². The van der Waals surface area contributed by atoms with Crippen LogP contribution in [0.5, 0.6) is 0 Å². The number of para-hydroxylation sites is 2. The molecule has 0 radical (unpaired) electrons. The van der Waals surface area contributed by atoms with Crippen LogP contribution >= 0.6 is 0 Å². The van der Waals surface area contributed by atoms with E-state index in [9.17, 15) is 9.59 Å². The number of aromatic nitrogens is 3. The molecule has 0 aliphatic rings. The van der Waals surface area contributed by atoms with Crippen molar-refractivity contribution in [2.45, 2.75) is 20.0 Å². The molecule has 0 unspecified atom stereocenters. The Morgan fingerprint density at radius 2 is 2.14 bits per heavy atom. The van der Waals surface area contributed by atoms with E-state index in [0.717, 1.165) is 0 Å². The van der Waals surface area contributed by atoms with Crippen LogP contribution in [0, 0.1) is 6.92 Å².